The highest BCUT2D eigenvalue weighted by Gasteiger charge is 2.24. The summed E-state index contributed by atoms with van der Waals surface area (Å²) in [6.07, 6.45) is 1.76. The van der Waals surface area contributed by atoms with Crippen LogP contribution in [0.5, 0.6) is 5.75 Å². The number of rotatable bonds is 2. The van der Waals surface area contributed by atoms with Crippen molar-refractivity contribution in [3.8, 4) is 5.75 Å². The van der Waals surface area contributed by atoms with E-state index < -0.39 is 0 Å². The Morgan fingerprint density at radius 2 is 1.88 bits per heavy atom. The number of carbonyl (C=O) groups excluding carboxylic acids is 1. The molecule has 0 atom stereocenters. The number of phenolic OH excluding ortho intramolecular Hbond substituents is 1. The molecule has 2 N–H and O–H groups in total. The Labute approximate surface area is 173 Å². The zero-order chi connectivity index (χ0) is 17.3. The minimum absolute atomic E-state index is 0.126. The summed E-state index contributed by atoms with van der Waals surface area (Å²) in [6.45, 7) is 0. The smallest absolute Gasteiger partial charge is 0.264 e. The van der Waals surface area contributed by atoms with E-state index in [0.717, 1.165) is 14.8 Å². The quantitative estimate of drug-likeness (QED) is 0.369. The van der Waals surface area contributed by atoms with Crippen LogP contribution in [0.3, 0.4) is 0 Å². The predicted octanol–water partition coefficient (Wildman–Crippen LogP) is 5.41. The van der Waals surface area contributed by atoms with Gasteiger partial charge in [-0.25, -0.2) is 4.99 Å². The van der Waals surface area contributed by atoms with Crippen LogP contribution in [0.2, 0.25) is 0 Å². The fourth-order valence-electron chi connectivity index (χ4n) is 1.95. The zero-order valence-electron chi connectivity index (χ0n) is 11.9. The molecule has 1 heterocycles. The minimum atomic E-state index is -0.190. The fourth-order valence-corrected chi connectivity index (χ4v) is 4.52. The maximum absolute atomic E-state index is 12.1. The molecule has 4 nitrogen and oxygen atoms in total. The number of nitrogens with one attached hydrogen (secondary N) is 1. The number of hydrogen-bond acceptors (Lipinski definition) is 4. The van der Waals surface area contributed by atoms with Gasteiger partial charge in [-0.1, -0.05) is 12.1 Å². The molecule has 1 amide bonds. The number of nitrogens with zero attached hydrogens (tertiary/aromatic N) is 1. The summed E-state index contributed by atoms with van der Waals surface area (Å²) >= 11 is 10.1. The summed E-state index contributed by atoms with van der Waals surface area (Å²) in [5.41, 5.74) is 1.61. The van der Waals surface area contributed by atoms with Gasteiger partial charge in [-0.3, -0.25) is 4.79 Å². The van der Waals surface area contributed by atoms with E-state index in [1.165, 1.54) is 11.8 Å². The van der Waals surface area contributed by atoms with Crippen molar-refractivity contribution in [3.63, 3.8) is 0 Å². The van der Waals surface area contributed by atoms with Gasteiger partial charge in [-0.05, 0) is 102 Å². The molecule has 2 aromatic rings. The van der Waals surface area contributed by atoms with Crippen molar-refractivity contribution < 1.29 is 9.90 Å². The average molecular weight is 580 g/mol. The third kappa shape index (κ3) is 4.04. The molecule has 24 heavy (non-hydrogen) atoms. The van der Waals surface area contributed by atoms with Crippen molar-refractivity contribution in [2.24, 2.45) is 4.99 Å². The average Bonchev–Trinajstić information content (AvgIpc) is 2.87. The molecule has 0 saturated carbocycles. The van der Waals surface area contributed by atoms with Gasteiger partial charge >= 0.3 is 0 Å². The van der Waals surface area contributed by atoms with Gasteiger partial charge in [0, 0.05) is 3.57 Å². The van der Waals surface area contributed by atoms with Crippen molar-refractivity contribution in [2.45, 2.75) is 0 Å². The Bertz CT molecular complexity index is 876. The third-order valence-electron chi connectivity index (χ3n) is 3.06. The van der Waals surface area contributed by atoms with Crippen LogP contribution in [0.4, 0.5) is 5.69 Å². The molecule has 0 aromatic heterocycles. The summed E-state index contributed by atoms with van der Waals surface area (Å²) in [5.74, 6) is -0.0633. The highest BCUT2D eigenvalue weighted by molar-refractivity contribution is 14.1. The topological polar surface area (TPSA) is 61.7 Å². The second-order valence-electron chi connectivity index (χ2n) is 4.77. The second-order valence-corrected chi connectivity index (χ2v) is 8.67. The number of amides is 1. The van der Waals surface area contributed by atoms with Gasteiger partial charge in [-0.15, -0.1) is 0 Å². The molecule has 0 unspecified atom stereocenters. The van der Waals surface area contributed by atoms with Crippen molar-refractivity contribution in [3.05, 3.63) is 59.4 Å². The molecule has 122 valence electrons. The molecular weight excluding hydrogens is 571 g/mol. The molecule has 0 bridgehead atoms. The van der Waals surface area contributed by atoms with Crippen LogP contribution < -0.4 is 5.32 Å². The largest absolute Gasteiger partial charge is 0.506 e. The molecule has 1 aliphatic heterocycles. The molecule has 3 rings (SSSR count). The summed E-state index contributed by atoms with van der Waals surface area (Å²) in [7, 11) is 0. The Kier molecular flexibility index (Phi) is 5.68. The molecule has 1 fully saturated rings. The van der Waals surface area contributed by atoms with Crippen molar-refractivity contribution in [1.29, 1.82) is 0 Å². The first-order valence-corrected chi connectivity index (χ1v) is 10.1. The lowest BCUT2D eigenvalue weighted by atomic mass is 10.2. The van der Waals surface area contributed by atoms with Crippen molar-refractivity contribution in [1.82, 2.24) is 5.32 Å². The second kappa shape index (κ2) is 7.59. The van der Waals surface area contributed by atoms with Gasteiger partial charge < -0.3 is 10.4 Å². The van der Waals surface area contributed by atoms with E-state index in [1.54, 1.807) is 18.2 Å². The molecule has 2 aromatic carbocycles. The lowest BCUT2D eigenvalue weighted by Crippen LogP contribution is -2.19. The lowest BCUT2D eigenvalue weighted by Gasteiger charge is -2.02. The number of amidine groups is 1. The number of benzene rings is 2. The van der Waals surface area contributed by atoms with Crippen LogP contribution in [-0.4, -0.2) is 16.2 Å². The Morgan fingerprint density at radius 1 is 1.21 bits per heavy atom. The highest BCUT2D eigenvalue weighted by atomic mass is 127. The van der Waals surface area contributed by atoms with E-state index in [1.807, 2.05) is 24.3 Å². The number of halogens is 3. The van der Waals surface area contributed by atoms with E-state index in [9.17, 15) is 9.90 Å². The van der Waals surface area contributed by atoms with Gasteiger partial charge in [0.15, 0.2) is 5.17 Å². The molecular formula is C16H9Br2IN2O2S. The Morgan fingerprint density at radius 3 is 2.54 bits per heavy atom. The molecule has 0 radical (unpaired) electrons. The summed E-state index contributed by atoms with van der Waals surface area (Å²) in [6, 6.07) is 11.2. The summed E-state index contributed by atoms with van der Waals surface area (Å²) in [4.78, 5) is 17.2. The van der Waals surface area contributed by atoms with E-state index >= 15 is 0 Å². The van der Waals surface area contributed by atoms with Gasteiger partial charge in [0.05, 0.1) is 19.5 Å². The maximum Gasteiger partial charge on any atom is 0.264 e. The minimum Gasteiger partial charge on any atom is -0.506 e. The van der Waals surface area contributed by atoms with Gasteiger partial charge in [0.1, 0.15) is 5.75 Å². The number of aliphatic imine (C=N–C) groups is 1. The van der Waals surface area contributed by atoms with E-state index in [-0.39, 0.29) is 11.7 Å². The number of carbonyl (C=O) groups is 1. The zero-order valence-corrected chi connectivity index (χ0v) is 18.0. The first-order chi connectivity index (χ1) is 11.4. The number of aromatic hydroxyl groups is 1. The van der Waals surface area contributed by atoms with Gasteiger partial charge in [0.2, 0.25) is 0 Å². The molecule has 0 aliphatic carbocycles. The Balaban J connectivity index is 1.89. The number of para-hydroxylation sites is 1. The van der Waals surface area contributed by atoms with Gasteiger partial charge in [0.25, 0.3) is 5.91 Å². The van der Waals surface area contributed by atoms with E-state index in [2.05, 4.69) is 64.8 Å². The monoisotopic (exact) mass is 578 g/mol. The van der Waals surface area contributed by atoms with Crippen LogP contribution >= 0.6 is 66.2 Å². The molecule has 1 saturated heterocycles. The van der Waals surface area contributed by atoms with Crippen molar-refractivity contribution >= 4 is 89.1 Å². The standard InChI is InChI=1S/C16H9Br2IN2O2S/c17-9-5-8(6-10(18)14(9)22)7-13-15(23)21-16(24-13)20-12-4-2-1-3-11(12)19/h1-7,22H,(H,20,21,23)/b13-7+. The van der Waals surface area contributed by atoms with Crippen LogP contribution in [0.15, 0.2) is 55.2 Å². The molecule has 8 heteroatoms. The van der Waals surface area contributed by atoms with Crippen LogP contribution in [-0.2, 0) is 4.79 Å². The van der Waals surface area contributed by atoms with Crippen molar-refractivity contribution in [2.75, 3.05) is 0 Å². The number of phenols is 1. The third-order valence-corrected chi connectivity index (χ3v) is 6.09. The number of thioether (sulfide) groups is 1. The van der Waals surface area contributed by atoms with E-state index in [0.29, 0.717) is 19.0 Å². The fraction of sp³-hybridized carbons (Fsp3) is 0. The lowest BCUT2D eigenvalue weighted by molar-refractivity contribution is -0.115. The summed E-state index contributed by atoms with van der Waals surface area (Å²) in [5, 5.41) is 13.1. The first kappa shape index (κ1) is 18.0. The Hall–Kier alpha value is -0.840. The van der Waals surface area contributed by atoms with Crippen LogP contribution in [0.1, 0.15) is 5.56 Å². The summed E-state index contributed by atoms with van der Waals surface area (Å²) < 4.78 is 2.13. The van der Waals surface area contributed by atoms with Gasteiger partial charge in [-0.2, -0.15) is 0 Å². The van der Waals surface area contributed by atoms with E-state index in [4.69, 9.17) is 0 Å². The molecule has 0 spiro atoms. The van der Waals surface area contributed by atoms with Crippen LogP contribution in [0, 0.1) is 3.57 Å². The SMILES string of the molecule is O=C1NC(=Nc2ccccc2I)S/C1=C/c1cc(Br)c(O)c(Br)c1. The highest BCUT2D eigenvalue weighted by Crippen LogP contribution is 2.35. The van der Waals surface area contributed by atoms with Crippen LogP contribution in [0.25, 0.3) is 6.08 Å². The maximum atomic E-state index is 12.1. The predicted molar refractivity (Wildman–Crippen MR) is 113 cm³/mol. The normalized spacial score (nSPS) is 17.5. The number of hydrogen-bond donors (Lipinski definition) is 2. The first-order valence-electron chi connectivity index (χ1n) is 6.66. The molecule has 1 aliphatic rings.